The van der Waals surface area contributed by atoms with Crippen molar-refractivity contribution in [3.05, 3.63) is 66.6 Å². The number of phenolic OH excluding ortho intramolecular Hbond substituents is 1. The van der Waals surface area contributed by atoms with Gasteiger partial charge < -0.3 is 10.4 Å². The number of nitrogens with one attached hydrogen (secondary N) is 1. The number of aromatic hydroxyl groups is 1. The number of hydrogen-bond donors (Lipinski definition) is 2. The fourth-order valence-corrected chi connectivity index (χ4v) is 1.98. The van der Waals surface area contributed by atoms with Crippen LogP contribution in [0.1, 0.15) is 5.56 Å². The SMILES string of the molecule is Oc1cccc(CNc2cccnc2-n2cccn2)c1. The summed E-state index contributed by atoms with van der Waals surface area (Å²) in [5, 5.41) is 17.0. The van der Waals surface area contributed by atoms with Crippen molar-refractivity contribution in [1.29, 1.82) is 0 Å². The lowest BCUT2D eigenvalue weighted by Gasteiger charge is -2.11. The summed E-state index contributed by atoms with van der Waals surface area (Å²) < 4.78 is 1.71. The molecule has 5 nitrogen and oxygen atoms in total. The number of pyridine rings is 1. The zero-order valence-corrected chi connectivity index (χ0v) is 10.8. The van der Waals surface area contributed by atoms with Crippen molar-refractivity contribution >= 4 is 5.69 Å². The Bertz CT molecular complexity index is 695. The standard InChI is InChI=1S/C15H14N4O/c20-13-5-1-4-12(10-13)11-17-14-6-2-7-16-15(14)19-9-3-8-18-19/h1-10,17,20H,11H2. The van der Waals surface area contributed by atoms with Crippen molar-refractivity contribution in [1.82, 2.24) is 14.8 Å². The van der Waals surface area contributed by atoms with E-state index in [9.17, 15) is 5.11 Å². The summed E-state index contributed by atoms with van der Waals surface area (Å²) in [7, 11) is 0. The highest BCUT2D eigenvalue weighted by Crippen LogP contribution is 2.18. The predicted octanol–water partition coefficient (Wildman–Crippen LogP) is 2.58. The Kier molecular flexibility index (Phi) is 3.33. The lowest BCUT2D eigenvalue weighted by molar-refractivity contribution is 0.474. The number of nitrogens with zero attached hydrogens (tertiary/aromatic N) is 3. The molecule has 3 aromatic rings. The highest BCUT2D eigenvalue weighted by Gasteiger charge is 2.05. The second kappa shape index (κ2) is 5.44. The van der Waals surface area contributed by atoms with Gasteiger partial charge >= 0.3 is 0 Å². The van der Waals surface area contributed by atoms with Crippen LogP contribution in [-0.2, 0) is 6.54 Å². The van der Waals surface area contributed by atoms with Gasteiger partial charge in [0, 0.05) is 25.1 Å². The Hall–Kier alpha value is -2.82. The van der Waals surface area contributed by atoms with E-state index in [1.54, 1.807) is 29.2 Å². The molecule has 1 aromatic carbocycles. The summed E-state index contributed by atoms with van der Waals surface area (Å²) in [4.78, 5) is 4.34. The summed E-state index contributed by atoms with van der Waals surface area (Å²) in [6.45, 7) is 0.606. The largest absolute Gasteiger partial charge is 0.508 e. The Morgan fingerprint density at radius 2 is 2.05 bits per heavy atom. The normalized spacial score (nSPS) is 10.4. The van der Waals surface area contributed by atoms with Gasteiger partial charge in [-0.05, 0) is 35.9 Å². The third kappa shape index (κ3) is 2.61. The molecule has 0 aliphatic rings. The highest BCUT2D eigenvalue weighted by molar-refractivity contribution is 5.56. The van der Waals surface area contributed by atoms with Crippen LogP contribution in [0, 0.1) is 0 Å². The van der Waals surface area contributed by atoms with Crippen LogP contribution in [0.4, 0.5) is 5.69 Å². The van der Waals surface area contributed by atoms with E-state index in [0.29, 0.717) is 6.54 Å². The Balaban J connectivity index is 1.81. The van der Waals surface area contributed by atoms with Crippen LogP contribution in [-0.4, -0.2) is 19.9 Å². The molecule has 0 radical (unpaired) electrons. The van der Waals surface area contributed by atoms with E-state index in [1.807, 2.05) is 36.5 Å². The molecule has 5 heteroatoms. The molecule has 0 amide bonds. The van der Waals surface area contributed by atoms with Crippen molar-refractivity contribution in [2.24, 2.45) is 0 Å². The van der Waals surface area contributed by atoms with Crippen LogP contribution >= 0.6 is 0 Å². The molecule has 2 N–H and O–H groups in total. The van der Waals surface area contributed by atoms with Gasteiger partial charge in [0.25, 0.3) is 0 Å². The maximum Gasteiger partial charge on any atom is 0.176 e. The maximum absolute atomic E-state index is 9.46. The molecule has 0 atom stereocenters. The van der Waals surface area contributed by atoms with Gasteiger partial charge in [-0.3, -0.25) is 0 Å². The van der Waals surface area contributed by atoms with E-state index >= 15 is 0 Å². The van der Waals surface area contributed by atoms with Crippen molar-refractivity contribution in [3.8, 4) is 11.6 Å². The summed E-state index contributed by atoms with van der Waals surface area (Å²) in [5.41, 5.74) is 1.89. The van der Waals surface area contributed by atoms with E-state index < -0.39 is 0 Å². The minimum atomic E-state index is 0.266. The molecule has 3 rings (SSSR count). The molecule has 0 saturated heterocycles. The molecule has 0 saturated carbocycles. The van der Waals surface area contributed by atoms with Gasteiger partial charge in [-0.15, -0.1) is 0 Å². The molecule has 0 bridgehead atoms. The summed E-state index contributed by atoms with van der Waals surface area (Å²) in [5.74, 6) is 1.01. The fourth-order valence-electron chi connectivity index (χ4n) is 1.98. The van der Waals surface area contributed by atoms with Crippen molar-refractivity contribution in [3.63, 3.8) is 0 Å². The first kappa shape index (κ1) is 12.2. The third-order valence-corrected chi connectivity index (χ3v) is 2.90. The van der Waals surface area contributed by atoms with Crippen LogP contribution in [0.25, 0.3) is 5.82 Å². The molecule has 0 fully saturated rings. The smallest absolute Gasteiger partial charge is 0.176 e. The Labute approximate surface area is 116 Å². The molecule has 0 aliphatic heterocycles. The minimum Gasteiger partial charge on any atom is -0.508 e. The van der Waals surface area contributed by atoms with Gasteiger partial charge in [-0.1, -0.05) is 12.1 Å². The zero-order chi connectivity index (χ0) is 13.8. The van der Waals surface area contributed by atoms with E-state index in [0.717, 1.165) is 17.1 Å². The van der Waals surface area contributed by atoms with E-state index in [-0.39, 0.29) is 5.75 Å². The second-order valence-corrected chi connectivity index (χ2v) is 4.35. The molecule has 2 aromatic heterocycles. The first-order valence-corrected chi connectivity index (χ1v) is 6.30. The Morgan fingerprint density at radius 3 is 2.85 bits per heavy atom. The van der Waals surface area contributed by atoms with E-state index in [1.165, 1.54) is 0 Å². The molecule has 0 unspecified atom stereocenters. The summed E-state index contributed by atoms with van der Waals surface area (Å²) in [6, 6.07) is 12.8. The second-order valence-electron chi connectivity index (χ2n) is 4.35. The quantitative estimate of drug-likeness (QED) is 0.762. The van der Waals surface area contributed by atoms with Gasteiger partial charge in [-0.2, -0.15) is 5.10 Å². The molecule has 0 aliphatic carbocycles. The number of rotatable bonds is 4. The lowest BCUT2D eigenvalue weighted by Crippen LogP contribution is -2.06. The predicted molar refractivity (Wildman–Crippen MR) is 76.8 cm³/mol. The number of benzene rings is 1. The molecule has 0 spiro atoms. The number of anilines is 1. The van der Waals surface area contributed by atoms with Gasteiger partial charge in [0.05, 0.1) is 5.69 Å². The van der Waals surface area contributed by atoms with Crippen molar-refractivity contribution in [2.75, 3.05) is 5.32 Å². The van der Waals surface area contributed by atoms with Crippen LogP contribution in [0.2, 0.25) is 0 Å². The number of aromatic nitrogens is 3. The van der Waals surface area contributed by atoms with Gasteiger partial charge in [0.15, 0.2) is 5.82 Å². The highest BCUT2D eigenvalue weighted by atomic mass is 16.3. The first-order chi connectivity index (χ1) is 9.83. The molecule has 20 heavy (non-hydrogen) atoms. The van der Waals surface area contributed by atoms with Crippen LogP contribution in [0.5, 0.6) is 5.75 Å². The van der Waals surface area contributed by atoms with Crippen LogP contribution in [0.15, 0.2) is 61.1 Å². The maximum atomic E-state index is 9.46. The van der Waals surface area contributed by atoms with Gasteiger partial charge in [0.1, 0.15) is 5.75 Å². The zero-order valence-electron chi connectivity index (χ0n) is 10.8. The average molecular weight is 266 g/mol. The fraction of sp³-hybridized carbons (Fsp3) is 0.0667. The summed E-state index contributed by atoms with van der Waals surface area (Å²) >= 11 is 0. The third-order valence-electron chi connectivity index (χ3n) is 2.90. The van der Waals surface area contributed by atoms with Crippen LogP contribution in [0.3, 0.4) is 0 Å². The summed E-state index contributed by atoms with van der Waals surface area (Å²) in [6.07, 6.45) is 5.30. The molecular weight excluding hydrogens is 252 g/mol. The van der Waals surface area contributed by atoms with E-state index in [4.69, 9.17) is 0 Å². The van der Waals surface area contributed by atoms with Crippen molar-refractivity contribution < 1.29 is 5.11 Å². The van der Waals surface area contributed by atoms with Crippen LogP contribution < -0.4 is 5.32 Å². The minimum absolute atomic E-state index is 0.266. The first-order valence-electron chi connectivity index (χ1n) is 6.30. The van der Waals surface area contributed by atoms with Gasteiger partial charge in [0.2, 0.25) is 0 Å². The Morgan fingerprint density at radius 1 is 1.10 bits per heavy atom. The van der Waals surface area contributed by atoms with Gasteiger partial charge in [-0.25, -0.2) is 9.67 Å². The number of hydrogen-bond acceptors (Lipinski definition) is 4. The molecule has 100 valence electrons. The monoisotopic (exact) mass is 266 g/mol. The average Bonchev–Trinajstić information content (AvgIpc) is 3.00. The van der Waals surface area contributed by atoms with E-state index in [2.05, 4.69) is 15.4 Å². The van der Waals surface area contributed by atoms with Crippen molar-refractivity contribution in [2.45, 2.75) is 6.54 Å². The molecule has 2 heterocycles. The number of phenols is 1. The lowest BCUT2D eigenvalue weighted by atomic mass is 10.2. The topological polar surface area (TPSA) is 63.0 Å². The molecular formula is C15H14N4O.